The molecule has 0 aliphatic rings. The summed E-state index contributed by atoms with van der Waals surface area (Å²) in [4.78, 5) is 0. The minimum Gasteiger partial charge on any atom is -0.455 e. The molecule has 0 saturated carbocycles. The first kappa shape index (κ1) is 14.4. The van der Waals surface area contributed by atoms with Crippen molar-refractivity contribution in [3.8, 4) is 0 Å². The van der Waals surface area contributed by atoms with Crippen LogP contribution in [0.5, 0.6) is 0 Å². The normalized spacial score (nSPS) is 15.0. The fraction of sp³-hybridized carbons (Fsp3) is 1.00. The van der Waals surface area contributed by atoms with Crippen molar-refractivity contribution in [2.24, 2.45) is 5.92 Å². The highest BCUT2D eigenvalue weighted by Crippen LogP contribution is 2.45. The van der Waals surface area contributed by atoms with Crippen molar-refractivity contribution >= 4 is 16.6 Å². The number of hydrogen-bond donors (Lipinski definition) is 0. The Bertz CT molecular complexity index is 190. The van der Waals surface area contributed by atoms with Crippen LogP contribution >= 0.6 is 0 Å². The molecule has 0 aliphatic heterocycles. The summed E-state index contributed by atoms with van der Waals surface area (Å²) in [5.74, 6) is 0.695. The minimum absolute atomic E-state index is 0.354. The van der Waals surface area contributed by atoms with Gasteiger partial charge < -0.3 is 4.12 Å². The van der Waals surface area contributed by atoms with Gasteiger partial charge in [0.05, 0.1) is 0 Å². The lowest BCUT2D eigenvalue weighted by Crippen LogP contribution is -2.51. The molecule has 0 saturated heterocycles. The molecule has 0 radical (unpaired) electrons. The first-order chi connectivity index (χ1) is 5.90. The van der Waals surface area contributed by atoms with Crippen LogP contribution in [0, 0.1) is 5.92 Å². The molecule has 0 aromatic rings. The van der Waals surface area contributed by atoms with Gasteiger partial charge in [-0.15, -0.1) is 0 Å². The Hall–Kier alpha value is 0.394. The van der Waals surface area contributed by atoms with E-state index in [0.29, 0.717) is 11.0 Å². The van der Waals surface area contributed by atoms with Crippen LogP contribution in [0.25, 0.3) is 0 Å². The zero-order valence-corrected chi connectivity index (χ0v) is 13.5. The SMILES string of the molecule is CC(C)C(C)(C)[Si](C)(C)O[Si](C)(C)C. The van der Waals surface area contributed by atoms with Gasteiger partial charge in [0, 0.05) is 0 Å². The van der Waals surface area contributed by atoms with E-state index in [1.54, 1.807) is 0 Å². The Balaban J connectivity index is 4.78. The second kappa shape index (κ2) is 4.10. The van der Waals surface area contributed by atoms with E-state index in [1.165, 1.54) is 0 Å². The Kier molecular flexibility index (Phi) is 4.22. The molecule has 0 aliphatic carbocycles. The maximum atomic E-state index is 6.43. The molecule has 0 atom stereocenters. The molecule has 0 fully saturated rings. The predicted octanol–water partition coefficient (Wildman–Crippen LogP) is 4.48. The highest BCUT2D eigenvalue weighted by atomic mass is 28.4. The number of rotatable bonds is 4. The van der Waals surface area contributed by atoms with E-state index in [1.807, 2.05) is 0 Å². The molecular weight excluding hydrogens is 204 g/mol. The van der Waals surface area contributed by atoms with E-state index < -0.39 is 16.6 Å². The van der Waals surface area contributed by atoms with Crippen molar-refractivity contribution in [3.63, 3.8) is 0 Å². The van der Waals surface area contributed by atoms with E-state index in [9.17, 15) is 0 Å². The van der Waals surface area contributed by atoms with Gasteiger partial charge >= 0.3 is 0 Å². The third-order valence-corrected chi connectivity index (χ3v) is 11.7. The van der Waals surface area contributed by atoms with Gasteiger partial charge in [-0.2, -0.15) is 0 Å². The van der Waals surface area contributed by atoms with Gasteiger partial charge in [-0.25, -0.2) is 0 Å². The fourth-order valence-corrected chi connectivity index (χ4v) is 10.2. The zero-order valence-electron chi connectivity index (χ0n) is 11.5. The van der Waals surface area contributed by atoms with Crippen LogP contribution in [0.2, 0.25) is 37.8 Å². The lowest BCUT2D eigenvalue weighted by atomic mass is 9.99. The Morgan fingerprint density at radius 1 is 0.929 bits per heavy atom. The average molecular weight is 233 g/mol. The Labute approximate surface area is 92.5 Å². The summed E-state index contributed by atoms with van der Waals surface area (Å²) < 4.78 is 6.43. The fourth-order valence-electron chi connectivity index (χ4n) is 1.59. The Morgan fingerprint density at radius 3 is 1.50 bits per heavy atom. The second-order valence-corrected chi connectivity index (χ2v) is 16.0. The molecule has 0 amide bonds. The monoisotopic (exact) mass is 232 g/mol. The summed E-state index contributed by atoms with van der Waals surface area (Å²) >= 11 is 0. The Morgan fingerprint density at radius 2 is 1.29 bits per heavy atom. The van der Waals surface area contributed by atoms with Crippen molar-refractivity contribution in [2.45, 2.75) is 65.5 Å². The van der Waals surface area contributed by atoms with Crippen LogP contribution in [0.3, 0.4) is 0 Å². The molecule has 0 aromatic heterocycles. The molecule has 86 valence electrons. The summed E-state index contributed by atoms with van der Waals surface area (Å²) in [5, 5.41) is 0.354. The van der Waals surface area contributed by atoms with Gasteiger partial charge in [0.2, 0.25) is 0 Å². The summed E-state index contributed by atoms with van der Waals surface area (Å²) in [5.41, 5.74) is 0. The molecule has 0 rings (SSSR count). The van der Waals surface area contributed by atoms with Gasteiger partial charge in [0.25, 0.3) is 0 Å². The van der Waals surface area contributed by atoms with E-state index in [0.717, 1.165) is 0 Å². The van der Waals surface area contributed by atoms with Crippen LogP contribution in [0.4, 0.5) is 0 Å². The third kappa shape index (κ3) is 3.52. The molecule has 0 heterocycles. The van der Waals surface area contributed by atoms with E-state index >= 15 is 0 Å². The molecule has 0 unspecified atom stereocenters. The predicted molar refractivity (Wildman–Crippen MR) is 70.8 cm³/mol. The quantitative estimate of drug-likeness (QED) is 0.650. The first-order valence-corrected chi connectivity index (χ1v) is 11.9. The molecule has 0 aromatic carbocycles. The van der Waals surface area contributed by atoms with Crippen LogP contribution in [0.1, 0.15) is 27.7 Å². The van der Waals surface area contributed by atoms with Crippen LogP contribution in [-0.2, 0) is 4.12 Å². The third-order valence-electron chi connectivity index (χ3n) is 3.56. The maximum absolute atomic E-state index is 6.43. The van der Waals surface area contributed by atoms with Crippen molar-refractivity contribution in [2.75, 3.05) is 0 Å². The lowest BCUT2D eigenvalue weighted by molar-refractivity contribution is 0.392. The van der Waals surface area contributed by atoms with Gasteiger partial charge in [0.1, 0.15) is 0 Å². The average Bonchev–Trinajstić information content (AvgIpc) is 1.80. The molecular formula is C11H28OSi2. The molecule has 14 heavy (non-hydrogen) atoms. The smallest absolute Gasteiger partial charge is 0.179 e. The van der Waals surface area contributed by atoms with E-state index in [-0.39, 0.29) is 0 Å². The zero-order chi connectivity index (χ0) is 11.8. The van der Waals surface area contributed by atoms with Crippen molar-refractivity contribution in [1.82, 2.24) is 0 Å². The van der Waals surface area contributed by atoms with E-state index in [2.05, 4.69) is 60.4 Å². The van der Waals surface area contributed by atoms with Crippen LogP contribution in [0.15, 0.2) is 0 Å². The van der Waals surface area contributed by atoms with Crippen molar-refractivity contribution in [1.29, 1.82) is 0 Å². The van der Waals surface area contributed by atoms with Gasteiger partial charge in [-0.05, 0) is 43.7 Å². The highest BCUT2D eigenvalue weighted by Gasteiger charge is 2.45. The van der Waals surface area contributed by atoms with Crippen molar-refractivity contribution in [3.05, 3.63) is 0 Å². The molecule has 3 heteroatoms. The van der Waals surface area contributed by atoms with Gasteiger partial charge in [-0.3, -0.25) is 0 Å². The number of hydrogen-bond acceptors (Lipinski definition) is 1. The summed E-state index contributed by atoms with van der Waals surface area (Å²) in [6.45, 7) is 20.9. The molecule has 0 N–H and O–H groups in total. The maximum Gasteiger partial charge on any atom is 0.179 e. The standard InChI is InChI=1S/C11H28OSi2/c1-10(2)11(3,4)14(8,9)12-13(5,6)7/h10H,1-9H3. The molecule has 0 bridgehead atoms. The summed E-state index contributed by atoms with van der Waals surface area (Å²) in [6.07, 6.45) is 0. The second-order valence-electron chi connectivity index (χ2n) is 6.60. The first-order valence-electron chi connectivity index (χ1n) is 5.60. The topological polar surface area (TPSA) is 9.23 Å². The molecule has 1 nitrogen and oxygen atoms in total. The van der Waals surface area contributed by atoms with Gasteiger partial charge in [0.15, 0.2) is 16.6 Å². The summed E-state index contributed by atoms with van der Waals surface area (Å²) in [6, 6.07) is 0. The van der Waals surface area contributed by atoms with Crippen LogP contribution < -0.4 is 0 Å². The van der Waals surface area contributed by atoms with Gasteiger partial charge in [-0.1, -0.05) is 27.7 Å². The largest absolute Gasteiger partial charge is 0.455 e. The lowest BCUT2D eigenvalue weighted by Gasteiger charge is -2.46. The minimum atomic E-state index is -1.57. The van der Waals surface area contributed by atoms with Crippen molar-refractivity contribution < 1.29 is 4.12 Å². The van der Waals surface area contributed by atoms with Crippen LogP contribution in [-0.4, -0.2) is 16.6 Å². The highest BCUT2D eigenvalue weighted by molar-refractivity contribution is 6.85. The molecule has 0 spiro atoms. The van der Waals surface area contributed by atoms with E-state index in [4.69, 9.17) is 4.12 Å². The summed E-state index contributed by atoms with van der Waals surface area (Å²) in [7, 11) is -2.95.